The second-order valence-electron chi connectivity index (χ2n) is 4.63. The van der Waals surface area contributed by atoms with Gasteiger partial charge in [-0.05, 0) is 24.3 Å². The summed E-state index contributed by atoms with van der Waals surface area (Å²) in [6, 6.07) is 19.5. The summed E-state index contributed by atoms with van der Waals surface area (Å²) in [5.74, 6) is 0.570. The first kappa shape index (κ1) is 18.5. The van der Waals surface area contributed by atoms with Crippen LogP contribution in [0.5, 0.6) is 0 Å². The Balaban J connectivity index is 0.000000511. The Labute approximate surface area is 145 Å². The number of anilines is 5. The van der Waals surface area contributed by atoms with Crippen molar-refractivity contribution in [3.05, 3.63) is 60.7 Å². The molecule has 0 saturated heterocycles. The second-order valence-corrected chi connectivity index (χ2v) is 5.16. The molecule has 0 spiro atoms. The Kier molecular flexibility index (Phi) is 6.55. The molecule has 0 radical (unpaired) electrons. The van der Waals surface area contributed by atoms with E-state index in [-0.39, 0.29) is 11.9 Å². The average Bonchev–Trinajstić information content (AvgIpc) is 2.56. The molecule has 25 heavy (non-hydrogen) atoms. The third-order valence-corrected chi connectivity index (χ3v) is 2.89. The van der Waals surface area contributed by atoms with Crippen molar-refractivity contribution >= 4 is 37.8 Å². The standard InChI is InChI=1S/C15H14N6.H3O3P/c16-13-18-14(17)20-15(19-13)21(11-7-3-1-4-8-11)12-9-5-2-6-10-12;1-4(2)3/h1-10H,(H4,16,17,18,19,20);1-3H. The molecule has 7 N–H and O–H groups in total. The van der Waals surface area contributed by atoms with Crippen LogP contribution < -0.4 is 16.4 Å². The normalized spacial score (nSPS) is 10.1. The number of aromatic nitrogens is 3. The Morgan fingerprint density at radius 2 is 1.04 bits per heavy atom. The van der Waals surface area contributed by atoms with Crippen LogP contribution in [0.25, 0.3) is 0 Å². The minimum absolute atomic E-state index is 0.0920. The molecule has 130 valence electrons. The summed E-state index contributed by atoms with van der Waals surface area (Å²) >= 11 is 0. The van der Waals surface area contributed by atoms with Gasteiger partial charge in [-0.25, -0.2) is 0 Å². The topological polar surface area (TPSA) is 155 Å². The summed E-state index contributed by atoms with van der Waals surface area (Å²) in [5, 5.41) is 0. The van der Waals surface area contributed by atoms with Crippen molar-refractivity contribution in [2.45, 2.75) is 0 Å². The highest BCUT2D eigenvalue weighted by atomic mass is 31.2. The predicted octanol–water partition coefficient (Wildman–Crippen LogP) is 1.70. The number of hydrogen-bond donors (Lipinski definition) is 5. The summed E-state index contributed by atoms with van der Waals surface area (Å²) in [7, 11) is -2.62. The monoisotopic (exact) mass is 360 g/mol. The van der Waals surface area contributed by atoms with Gasteiger partial charge in [-0.1, -0.05) is 36.4 Å². The highest BCUT2D eigenvalue weighted by molar-refractivity contribution is 7.38. The third-order valence-electron chi connectivity index (χ3n) is 2.89. The molecule has 9 nitrogen and oxygen atoms in total. The summed E-state index contributed by atoms with van der Waals surface area (Å²) in [5.41, 5.74) is 13.2. The summed E-state index contributed by atoms with van der Waals surface area (Å²) < 4.78 is 0. The highest BCUT2D eigenvalue weighted by Crippen LogP contribution is 2.31. The lowest BCUT2D eigenvalue weighted by molar-refractivity contribution is 0.368. The van der Waals surface area contributed by atoms with Gasteiger partial charge in [-0.2, -0.15) is 15.0 Å². The van der Waals surface area contributed by atoms with Crippen molar-refractivity contribution < 1.29 is 14.7 Å². The molecule has 0 aliphatic heterocycles. The number of hydrogen-bond acceptors (Lipinski definition) is 9. The molecule has 3 rings (SSSR count). The van der Waals surface area contributed by atoms with Gasteiger partial charge in [-0.15, -0.1) is 0 Å². The fraction of sp³-hybridized carbons (Fsp3) is 0. The number of nitrogen functional groups attached to an aromatic ring is 2. The number of nitrogens with two attached hydrogens (primary N) is 2. The van der Waals surface area contributed by atoms with Crippen molar-refractivity contribution in [2.24, 2.45) is 0 Å². The van der Waals surface area contributed by atoms with Crippen LogP contribution in [0.3, 0.4) is 0 Å². The van der Waals surface area contributed by atoms with E-state index < -0.39 is 8.60 Å². The van der Waals surface area contributed by atoms with Gasteiger partial charge in [-0.3, -0.25) is 4.90 Å². The van der Waals surface area contributed by atoms with Crippen molar-refractivity contribution in [1.82, 2.24) is 15.0 Å². The molecule has 0 amide bonds. The van der Waals surface area contributed by atoms with Gasteiger partial charge < -0.3 is 26.1 Å². The van der Waals surface area contributed by atoms with Crippen LogP contribution >= 0.6 is 8.60 Å². The second kappa shape index (κ2) is 8.86. The Hall–Kier alpha value is -2.84. The molecule has 0 aliphatic rings. The SMILES string of the molecule is Nc1nc(N)nc(N(c2ccccc2)c2ccccc2)n1.OP(O)O. The molecule has 0 aliphatic carbocycles. The zero-order valence-electron chi connectivity index (χ0n) is 13.0. The molecule has 0 fully saturated rings. The summed E-state index contributed by atoms with van der Waals surface area (Å²) in [4.78, 5) is 35.8. The first-order chi connectivity index (χ1) is 12.0. The van der Waals surface area contributed by atoms with E-state index >= 15 is 0 Å². The Bertz CT molecular complexity index is 729. The maximum absolute atomic E-state index is 7.23. The van der Waals surface area contributed by atoms with E-state index in [1.807, 2.05) is 65.6 Å². The van der Waals surface area contributed by atoms with Gasteiger partial charge in [0.05, 0.1) is 0 Å². The van der Waals surface area contributed by atoms with E-state index in [2.05, 4.69) is 15.0 Å². The predicted molar refractivity (Wildman–Crippen MR) is 96.9 cm³/mol. The van der Waals surface area contributed by atoms with E-state index in [0.717, 1.165) is 11.4 Å². The zero-order valence-corrected chi connectivity index (χ0v) is 13.9. The van der Waals surface area contributed by atoms with Crippen LogP contribution in [0.2, 0.25) is 0 Å². The molecule has 1 aromatic heterocycles. The van der Waals surface area contributed by atoms with Crippen LogP contribution in [0.4, 0.5) is 29.2 Å². The molecule has 0 bridgehead atoms. The minimum Gasteiger partial charge on any atom is -0.368 e. The van der Waals surface area contributed by atoms with Crippen LogP contribution in [-0.4, -0.2) is 29.6 Å². The fourth-order valence-corrected chi connectivity index (χ4v) is 2.03. The van der Waals surface area contributed by atoms with E-state index in [1.165, 1.54) is 0 Å². The van der Waals surface area contributed by atoms with Gasteiger partial charge in [0.2, 0.25) is 17.8 Å². The van der Waals surface area contributed by atoms with Crippen LogP contribution in [0.1, 0.15) is 0 Å². The minimum atomic E-state index is -2.62. The third kappa shape index (κ3) is 5.63. The molecule has 0 saturated carbocycles. The first-order valence-corrected chi connectivity index (χ1v) is 8.21. The van der Waals surface area contributed by atoms with Crippen molar-refractivity contribution in [1.29, 1.82) is 0 Å². The molecule has 1 heterocycles. The molecular formula is C15H17N6O3P. The smallest absolute Gasteiger partial charge is 0.324 e. The molecule has 0 atom stereocenters. The quantitative estimate of drug-likeness (QED) is 0.439. The molecule has 2 aromatic carbocycles. The first-order valence-electron chi connectivity index (χ1n) is 7.01. The number of rotatable bonds is 3. The zero-order chi connectivity index (χ0) is 18.2. The molecule has 0 unspecified atom stereocenters. The van der Waals surface area contributed by atoms with Crippen molar-refractivity contribution in [2.75, 3.05) is 16.4 Å². The van der Waals surface area contributed by atoms with Gasteiger partial charge >= 0.3 is 8.60 Å². The van der Waals surface area contributed by atoms with E-state index in [4.69, 9.17) is 26.1 Å². The van der Waals surface area contributed by atoms with Gasteiger partial charge in [0.25, 0.3) is 0 Å². The lowest BCUT2D eigenvalue weighted by Crippen LogP contribution is -2.16. The Morgan fingerprint density at radius 1 is 0.680 bits per heavy atom. The average molecular weight is 360 g/mol. The summed E-state index contributed by atoms with van der Waals surface area (Å²) in [6.07, 6.45) is 0. The Morgan fingerprint density at radius 3 is 1.40 bits per heavy atom. The molecular weight excluding hydrogens is 343 g/mol. The highest BCUT2D eigenvalue weighted by Gasteiger charge is 2.16. The maximum Gasteiger partial charge on any atom is 0.324 e. The largest absolute Gasteiger partial charge is 0.368 e. The van der Waals surface area contributed by atoms with E-state index in [9.17, 15) is 0 Å². The molecule has 10 heteroatoms. The number of benzene rings is 2. The lowest BCUT2D eigenvalue weighted by atomic mass is 10.2. The van der Waals surface area contributed by atoms with Crippen LogP contribution in [-0.2, 0) is 0 Å². The van der Waals surface area contributed by atoms with E-state index in [0.29, 0.717) is 5.95 Å². The van der Waals surface area contributed by atoms with Crippen molar-refractivity contribution in [3.8, 4) is 0 Å². The van der Waals surface area contributed by atoms with Gasteiger partial charge in [0, 0.05) is 11.4 Å². The van der Waals surface area contributed by atoms with Gasteiger partial charge in [0.1, 0.15) is 0 Å². The number of para-hydroxylation sites is 2. The van der Waals surface area contributed by atoms with E-state index in [1.54, 1.807) is 0 Å². The summed E-state index contributed by atoms with van der Waals surface area (Å²) in [6.45, 7) is 0. The fourth-order valence-electron chi connectivity index (χ4n) is 2.03. The maximum atomic E-state index is 7.23. The van der Waals surface area contributed by atoms with Gasteiger partial charge in [0.15, 0.2) is 0 Å². The lowest BCUT2D eigenvalue weighted by Gasteiger charge is -2.22. The molecule has 3 aromatic rings. The van der Waals surface area contributed by atoms with Crippen LogP contribution in [0, 0.1) is 0 Å². The number of nitrogens with zero attached hydrogens (tertiary/aromatic N) is 4. The van der Waals surface area contributed by atoms with Crippen molar-refractivity contribution in [3.63, 3.8) is 0 Å². The van der Waals surface area contributed by atoms with Crippen LogP contribution in [0.15, 0.2) is 60.7 Å².